The fraction of sp³-hybridized carbons (Fsp3) is 0.440. The summed E-state index contributed by atoms with van der Waals surface area (Å²) >= 11 is 0. The summed E-state index contributed by atoms with van der Waals surface area (Å²) in [5.74, 6) is 0.514. The number of methoxy groups -OCH3 is 1. The van der Waals surface area contributed by atoms with Gasteiger partial charge in [-0.05, 0) is 57.7 Å². The van der Waals surface area contributed by atoms with Crippen LogP contribution in [0, 0.1) is 0 Å². The minimum absolute atomic E-state index is 0.0434. The van der Waals surface area contributed by atoms with Gasteiger partial charge in [0.2, 0.25) is 5.91 Å². The number of aromatic hydroxyl groups is 2. The van der Waals surface area contributed by atoms with E-state index < -0.39 is 0 Å². The molecule has 6 nitrogen and oxygen atoms in total. The van der Waals surface area contributed by atoms with Crippen molar-refractivity contribution in [2.75, 3.05) is 7.11 Å². The number of nitrogens with zero attached hydrogens (tertiary/aromatic N) is 1. The summed E-state index contributed by atoms with van der Waals surface area (Å²) in [7, 11) is 1.47. The van der Waals surface area contributed by atoms with Crippen LogP contribution in [0.4, 0.5) is 0 Å². The molecule has 0 unspecified atom stereocenters. The van der Waals surface area contributed by atoms with Crippen molar-refractivity contribution in [1.29, 1.82) is 0 Å². The molecule has 2 aromatic carbocycles. The van der Waals surface area contributed by atoms with E-state index >= 15 is 0 Å². The summed E-state index contributed by atoms with van der Waals surface area (Å²) in [5, 5.41) is 24.4. The molecule has 0 aliphatic rings. The first-order valence-electron chi connectivity index (χ1n) is 10.4. The monoisotopic (exact) mass is 426 g/mol. The summed E-state index contributed by atoms with van der Waals surface area (Å²) in [6.07, 6.45) is 2.31. The van der Waals surface area contributed by atoms with Crippen LogP contribution in [0.3, 0.4) is 0 Å². The Morgan fingerprint density at radius 2 is 1.61 bits per heavy atom. The second-order valence-electron chi connectivity index (χ2n) is 9.76. The van der Waals surface area contributed by atoms with E-state index in [-0.39, 0.29) is 28.9 Å². The Labute approximate surface area is 185 Å². The van der Waals surface area contributed by atoms with E-state index in [0.717, 1.165) is 16.7 Å². The van der Waals surface area contributed by atoms with Crippen LogP contribution >= 0.6 is 0 Å². The molecule has 0 atom stereocenters. The Morgan fingerprint density at radius 3 is 2.13 bits per heavy atom. The molecule has 3 N–H and O–H groups in total. The van der Waals surface area contributed by atoms with Gasteiger partial charge in [0, 0.05) is 6.42 Å². The SMILES string of the molecule is COc1cc(/C=N/NC(=O)CCc2cc(C(C)(C)C)c(O)c(C(C)(C)C)c2)ccc1O. The van der Waals surface area contributed by atoms with E-state index in [0.29, 0.717) is 23.5 Å². The molecule has 2 rings (SSSR count). The number of ether oxygens (including phenoxy) is 1. The predicted molar refractivity (Wildman–Crippen MR) is 124 cm³/mol. The number of carbonyl (C=O) groups excluding carboxylic acids is 1. The minimum Gasteiger partial charge on any atom is -0.507 e. The Bertz CT molecular complexity index is 931. The second kappa shape index (κ2) is 9.41. The summed E-state index contributed by atoms with van der Waals surface area (Å²) in [6, 6.07) is 8.79. The molecule has 31 heavy (non-hydrogen) atoms. The maximum Gasteiger partial charge on any atom is 0.240 e. The number of phenolic OH excluding ortho intramolecular Hbond substituents is 2. The van der Waals surface area contributed by atoms with E-state index in [4.69, 9.17) is 4.74 Å². The zero-order valence-corrected chi connectivity index (χ0v) is 19.5. The summed E-state index contributed by atoms with van der Waals surface area (Å²) in [4.78, 5) is 12.3. The van der Waals surface area contributed by atoms with Gasteiger partial charge in [0.25, 0.3) is 0 Å². The van der Waals surface area contributed by atoms with Crippen LogP contribution in [0.25, 0.3) is 0 Å². The molecule has 0 fully saturated rings. The lowest BCUT2D eigenvalue weighted by atomic mass is 9.78. The number of carbonyl (C=O) groups is 1. The summed E-state index contributed by atoms with van der Waals surface area (Å²) < 4.78 is 5.06. The van der Waals surface area contributed by atoms with Gasteiger partial charge < -0.3 is 14.9 Å². The third-order valence-corrected chi connectivity index (χ3v) is 5.03. The van der Waals surface area contributed by atoms with Crippen molar-refractivity contribution in [1.82, 2.24) is 5.43 Å². The minimum atomic E-state index is -0.210. The quantitative estimate of drug-likeness (QED) is 0.458. The number of rotatable bonds is 6. The molecule has 0 aliphatic carbocycles. The van der Waals surface area contributed by atoms with Crippen molar-refractivity contribution in [3.8, 4) is 17.2 Å². The number of amides is 1. The lowest BCUT2D eigenvalue weighted by molar-refractivity contribution is -0.121. The zero-order chi connectivity index (χ0) is 23.4. The van der Waals surface area contributed by atoms with Crippen LogP contribution in [0.2, 0.25) is 0 Å². The number of aryl methyl sites for hydroxylation is 1. The molecule has 0 saturated carbocycles. The lowest BCUT2D eigenvalue weighted by Crippen LogP contribution is -2.20. The molecule has 0 aliphatic heterocycles. The van der Waals surface area contributed by atoms with E-state index in [1.807, 2.05) is 12.1 Å². The largest absolute Gasteiger partial charge is 0.507 e. The van der Waals surface area contributed by atoms with Crippen molar-refractivity contribution < 1.29 is 19.7 Å². The smallest absolute Gasteiger partial charge is 0.240 e. The van der Waals surface area contributed by atoms with Gasteiger partial charge >= 0.3 is 0 Å². The van der Waals surface area contributed by atoms with Crippen LogP contribution in [0.5, 0.6) is 17.2 Å². The zero-order valence-electron chi connectivity index (χ0n) is 19.5. The molecule has 0 radical (unpaired) electrons. The number of hydrogen-bond donors (Lipinski definition) is 3. The molecule has 0 heterocycles. The summed E-state index contributed by atoms with van der Waals surface area (Å²) in [5.41, 5.74) is 5.58. The second-order valence-corrected chi connectivity index (χ2v) is 9.76. The molecule has 0 saturated heterocycles. The van der Waals surface area contributed by atoms with Crippen molar-refractivity contribution in [2.24, 2.45) is 5.10 Å². The van der Waals surface area contributed by atoms with Crippen molar-refractivity contribution in [2.45, 2.75) is 65.2 Å². The fourth-order valence-corrected chi connectivity index (χ4v) is 3.25. The van der Waals surface area contributed by atoms with Gasteiger partial charge in [-0.1, -0.05) is 53.7 Å². The molecular weight excluding hydrogens is 392 g/mol. The fourth-order valence-electron chi connectivity index (χ4n) is 3.25. The number of hydrogen-bond acceptors (Lipinski definition) is 5. The molecule has 1 amide bonds. The molecule has 168 valence electrons. The van der Waals surface area contributed by atoms with Crippen molar-refractivity contribution >= 4 is 12.1 Å². The number of nitrogens with one attached hydrogen (secondary N) is 1. The highest BCUT2D eigenvalue weighted by atomic mass is 16.5. The van der Waals surface area contributed by atoms with Gasteiger partial charge in [-0.15, -0.1) is 0 Å². The highest BCUT2D eigenvalue weighted by Crippen LogP contribution is 2.40. The summed E-state index contributed by atoms with van der Waals surface area (Å²) in [6.45, 7) is 12.4. The topological polar surface area (TPSA) is 91.2 Å². The first-order valence-corrected chi connectivity index (χ1v) is 10.4. The molecule has 0 spiro atoms. The third kappa shape index (κ3) is 6.48. The third-order valence-electron chi connectivity index (χ3n) is 5.03. The van der Waals surface area contributed by atoms with Gasteiger partial charge in [-0.3, -0.25) is 4.79 Å². The van der Waals surface area contributed by atoms with E-state index in [2.05, 4.69) is 52.1 Å². The number of hydrazone groups is 1. The Kier molecular flexibility index (Phi) is 7.37. The van der Waals surface area contributed by atoms with Crippen LogP contribution in [0.15, 0.2) is 35.4 Å². The highest BCUT2D eigenvalue weighted by molar-refractivity contribution is 5.83. The maximum absolute atomic E-state index is 12.3. The standard InChI is InChI=1S/C25H34N2O4/c1-24(2,3)18-12-16(13-19(23(18)30)25(4,5)6)9-11-22(29)27-26-15-17-8-10-20(28)21(14-17)31-7/h8,10,12-15,28,30H,9,11H2,1-7H3,(H,27,29)/b26-15+. The van der Waals surface area contributed by atoms with Gasteiger partial charge in [0.1, 0.15) is 5.75 Å². The first-order chi connectivity index (χ1) is 14.3. The highest BCUT2D eigenvalue weighted by Gasteiger charge is 2.26. The predicted octanol–water partition coefficient (Wildman–Crippen LogP) is 4.78. The van der Waals surface area contributed by atoms with Gasteiger partial charge in [0.15, 0.2) is 11.5 Å². The molecule has 2 aromatic rings. The number of phenols is 2. The normalized spacial score (nSPS) is 12.2. The molecule has 0 bridgehead atoms. The Morgan fingerprint density at radius 1 is 1.03 bits per heavy atom. The van der Waals surface area contributed by atoms with Crippen LogP contribution < -0.4 is 10.2 Å². The average Bonchev–Trinajstić information content (AvgIpc) is 2.66. The van der Waals surface area contributed by atoms with Crippen molar-refractivity contribution in [3.05, 3.63) is 52.6 Å². The number of benzene rings is 2. The Hall–Kier alpha value is -3.02. The lowest BCUT2D eigenvalue weighted by Gasteiger charge is -2.28. The van der Waals surface area contributed by atoms with E-state index in [1.165, 1.54) is 19.4 Å². The van der Waals surface area contributed by atoms with Crippen LogP contribution in [-0.4, -0.2) is 29.4 Å². The molecular formula is C25H34N2O4. The van der Waals surface area contributed by atoms with Gasteiger partial charge in [-0.2, -0.15) is 5.10 Å². The molecule has 0 aromatic heterocycles. The van der Waals surface area contributed by atoms with Crippen LogP contribution in [-0.2, 0) is 22.0 Å². The van der Waals surface area contributed by atoms with E-state index in [1.54, 1.807) is 12.1 Å². The molecule has 6 heteroatoms. The first kappa shape index (κ1) is 24.3. The van der Waals surface area contributed by atoms with Crippen LogP contribution in [0.1, 0.15) is 70.2 Å². The van der Waals surface area contributed by atoms with E-state index in [9.17, 15) is 15.0 Å². The van der Waals surface area contributed by atoms with Gasteiger partial charge in [0.05, 0.1) is 13.3 Å². The van der Waals surface area contributed by atoms with Gasteiger partial charge in [-0.25, -0.2) is 5.43 Å². The average molecular weight is 427 g/mol. The Balaban J connectivity index is 2.09. The maximum atomic E-state index is 12.3. The van der Waals surface area contributed by atoms with Crippen molar-refractivity contribution in [3.63, 3.8) is 0 Å².